The number of nitrogens with one attached hydrogen (secondary N) is 1. The SMILES string of the molecule is Cn1nccc1C(=O)Nc1ccc(Cl)cc1C#CCN. The van der Waals surface area contributed by atoms with Crippen LogP contribution >= 0.6 is 11.6 Å². The van der Waals surface area contributed by atoms with Crippen molar-refractivity contribution in [3.8, 4) is 11.8 Å². The summed E-state index contributed by atoms with van der Waals surface area (Å²) < 4.78 is 1.50. The number of rotatable bonds is 2. The molecule has 1 aromatic heterocycles. The van der Waals surface area contributed by atoms with Gasteiger partial charge in [0.05, 0.1) is 12.2 Å². The fourth-order valence-corrected chi connectivity index (χ4v) is 1.83. The average Bonchev–Trinajstić information content (AvgIpc) is 2.85. The Balaban J connectivity index is 2.29. The third kappa shape index (κ3) is 3.18. The first-order chi connectivity index (χ1) is 9.61. The number of hydrogen-bond acceptors (Lipinski definition) is 3. The summed E-state index contributed by atoms with van der Waals surface area (Å²) in [7, 11) is 1.70. The minimum Gasteiger partial charge on any atom is -0.320 e. The Labute approximate surface area is 121 Å². The molecule has 5 nitrogen and oxygen atoms in total. The zero-order valence-corrected chi connectivity index (χ0v) is 11.6. The predicted octanol–water partition coefficient (Wildman–Crippen LogP) is 1.64. The van der Waals surface area contributed by atoms with Gasteiger partial charge in [0, 0.05) is 23.8 Å². The van der Waals surface area contributed by atoms with Gasteiger partial charge in [-0.05, 0) is 24.3 Å². The lowest BCUT2D eigenvalue weighted by Gasteiger charge is -2.08. The third-order valence-electron chi connectivity index (χ3n) is 2.61. The average molecular weight is 289 g/mol. The normalized spacial score (nSPS) is 9.75. The van der Waals surface area contributed by atoms with Gasteiger partial charge in [0.2, 0.25) is 0 Å². The van der Waals surface area contributed by atoms with Crippen molar-refractivity contribution in [1.82, 2.24) is 9.78 Å². The molecule has 0 saturated heterocycles. The summed E-state index contributed by atoms with van der Waals surface area (Å²) in [5, 5.41) is 7.29. The highest BCUT2D eigenvalue weighted by Crippen LogP contribution is 2.20. The molecule has 20 heavy (non-hydrogen) atoms. The third-order valence-corrected chi connectivity index (χ3v) is 2.84. The molecular formula is C14H13ClN4O. The van der Waals surface area contributed by atoms with Gasteiger partial charge in [-0.1, -0.05) is 23.4 Å². The quantitative estimate of drug-likeness (QED) is 0.825. The highest BCUT2D eigenvalue weighted by Gasteiger charge is 2.11. The number of hydrogen-bond donors (Lipinski definition) is 2. The van der Waals surface area contributed by atoms with Gasteiger partial charge in [0.15, 0.2) is 0 Å². The zero-order chi connectivity index (χ0) is 14.5. The van der Waals surface area contributed by atoms with Gasteiger partial charge in [0.25, 0.3) is 5.91 Å². The summed E-state index contributed by atoms with van der Waals surface area (Å²) in [5.74, 6) is 5.36. The Morgan fingerprint density at radius 2 is 2.30 bits per heavy atom. The molecule has 0 saturated carbocycles. The first-order valence-corrected chi connectivity index (χ1v) is 6.27. The van der Waals surface area contributed by atoms with Crippen LogP contribution in [0.5, 0.6) is 0 Å². The van der Waals surface area contributed by atoms with Crippen LogP contribution in [0.1, 0.15) is 16.1 Å². The summed E-state index contributed by atoms with van der Waals surface area (Å²) in [6, 6.07) is 6.71. The van der Waals surface area contributed by atoms with E-state index in [1.165, 1.54) is 4.68 Å². The summed E-state index contributed by atoms with van der Waals surface area (Å²) in [6.45, 7) is 0.238. The molecule has 0 aliphatic carbocycles. The zero-order valence-electron chi connectivity index (χ0n) is 10.9. The van der Waals surface area contributed by atoms with Crippen molar-refractivity contribution in [2.45, 2.75) is 0 Å². The molecule has 0 aliphatic rings. The van der Waals surface area contributed by atoms with Gasteiger partial charge < -0.3 is 11.1 Å². The fraction of sp³-hybridized carbons (Fsp3) is 0.143. The Hall–Kier alpha value is -2.29. The van der Waals surface area contributed by atoms with Crippen LogP contribution in [-0.4, -0.2) is 22.2 Å². The van der Waals surface area contributed by atoms with E-state index in [2.05, 4.69) is 22.3 Å². The summed E-state index contributed by atoms with van der Waals surface area (Å²) >= 11 is 5.93. The number of halogens is 1. The largest absolute Gasteiger partial charge is 0.320 e. The van der Waals surface area contributed by atoms with Crippen LogP contribution in [0, 0.1) is 11.8 Å². The van der Waals surface area contributed by atoms with Gasteiger partial charge >= 0.3 is 0 Å². The number of nitrogens with zero attached hydrogens (tertiary/aromatic N) is 2. The van der Waals surface area contributed by atoms with Gasteiger partial charge in [-0.25, -0.2) is 0 Å². The van der Waals surface area contributed by atoms with Crippen molar-refractivity contribution in [3.05, 3.63) is 46.7 Å². The maximum atomic E-state index is 12.1. The molecule has 0 spiro atoms. The molecule has 0 aliphatic heterocycles. The lowest BCUT2D eigenvalue weighted by molar-refractivity contribution is 0.101. The molecule has 2 rings (SSSR count). The second kappa shape index (κ2) is 6.24. The number of aromatic nitrogens is 2. The number of benzene rings is 1. The molecule has 2 aromatic rings. The smallest absolute Gasteiger partial charge is 0.273 e. The van der Waals surface area contributed by atoms with E-state index >= 15 is 0 Å². The van der Waals surface area contributed by atoms with Crippen LogP contribution in [0.25, 0.3) is 0 Å². The van der Waals surface area contributed by atoms with Crippen molar-refractivity contribution >= 4 is 23.2 Å². The van der Waals surface area contributed by atoms with Crippen molar-refractivity contribution < 1.29 is 4.79 Å². The Morgan fingerprint density at radius 1 is 1.50 bits per heavy atom. The maximum Gasteiger partial charge on any atom is 0.273 e. The van der Waals surface area contributed by atoms with E-state index in [4.69, 9.17) is 17.3 Å². The number of aryl methyl sites for hydroxylation is 1. The van der Waals surface area contributed by atoms with Gasteiger partial charge in [-0.15, -0.1) is 0 Å². The summed E-state index contributed by atoms with van der Waals surface area (Å²) in [6.07, 6.45) is 1.56. The molecular weight excluding hydrogens is 276 g/mol. The molecule has 1 heterocycles. The Kier molecular flexibility index (Phi) is 4.41. The van der Waals surface area contributed by atoms with E-state index in [1.54, 1.807) is 37.5 Å². The number of anilines is 1. The van der Waals surface area contributed by atoms with Crippen molar-refractivity contribution in [2.24, 2.45) is 12.8 Å². The van der Waals surface area contributed by atoms with Crippen LogP contribution in [0.4, 0.5) is 5.69 Å². The molecule has 102 valence electrons. The van der Waals surface area contributed by atoms with Crippen molar-refractivity contribution in [3.63, 3.8) is 0 Å². The molecule has 1 aromatic carbocycles. The van der Waals surface area contributed by atoms with Crippen molar-refractivity contribution in [1.29, 1.82) is 0 Å². The number of nitrogens with two attached hydrogens (primary N) is 1. The minimum atomic E-state index is -0.261. The predicted molar refractivity (Wildman–Crippen MR) is 78.5 cm³/mol. The maximum absolute atomic E-state index is 12.1. The van der Waals surface area contributed by atoms with E-state index in [1.807, 2.05) is 0 Å². The summed E-state index contributed by atoms with van der Waals surface area (Å²) in [5.41, 5.74) is 7.02. The molecule has 3 N–H and O–H groups in total. The van der Waals surface area contributed by atoms with Gasteiger partial charge in [-0.2, -0.15) is 5.10 Å². The van der Waals surface area contributed by atoms with Crippen LogP contribution < -0.4 is 11.1 Å². The van der Waals surface area contributed by atoms with E-state index in [-0.39, 0.29) is 12.5 Å². The number of carbonyl (C=O) groups excluding carboxylic acids is 1. The van der Waals surface area contributed by atoms with E-state index < -0.39 is 0 Å². The molecule has 0 unspecified atom stereocenters. The second-order valence-electron chi connectivity index (χ2n) is 3.99. The topological polar surface area (TPSA) is 72.9 Å². The second-order valence-corrected chi connectivity index (χ2v) is 4.43. The van der Waals surface area contributed by atoms with E-state index in [0.29, 0.717) is 22.0 Å². The molecule has 0 fully saturated rings. The first kappa shape index (κ1) is 14.1. The van der Waals surface area contributed by atoms with Crippen LogP contribution in [0.2, 0.25) is 5.02 Å². The van der Waals surface area contributed by atoms with Crippen LogP contribution in [-0.2, 0) is 7.05 Å². The first-order valence-electron chi connectivity index (χ1n) is 5.89. The summed E-state index contributed by atoms with van der Waals surface area (Å²) in [4.78, 5) is 12.1. The Bertz CT molecular complexity index is 697. The number of carbonyl (C=O) groups is 1. The molecule has 6 heteroatoms. The number of amides is 1. The molecule has 0 atom stereocenters. The highest BCUT2D eigenvalue weighted by atomic mass is 35.5. The van der Waals surface area contributed by atoms with Crippen LogP contribution in [0.15, 0.2) is 30.5 Å². The van der Waals surface area contributed by atoms with Crippen LogP contribution in [0.3, 0.4) is 0 Å². The standard InChI is InChI=1S/C14H13ClN4O/c1-19-13(6-8-17-19)14(20)18-12-5-4-11(15)9-10(12)3-2-7-16/h4-6,8-9H,7,16H2,1H3,(H,18,20). The van der Waals surface area contributed by atoms with Gasteiger partial charge in [0.1, 0.15) is 5.69 Å². The van der Waals surface area contributed by atoms with E-state index in [9.17, 15) is 4.79 Å². The minimum absolute atomic E-state index is 0.238. The Morgan fingerprint density at radius 3 is 2.95 bits per heavy atom. The van der Waals surface area contributed by atoms with E-state index in [0.717, 1.165) is 0 Å². The molecule has 0 bridgehead atoms. The monoisotopic (exact) mass is 288 g/mol. The van der Waals surface area contributed by atoms with Crippen molar-refractivity contribution in [2.75, 3.05) is 11.9 Å². The lowest BCUT2D eigenvalue weighted by Crippen LogP contribution is -2.16. The van der Waals surface area contributed by atoms with Gasteiger partial charge in [-0.3, -0.25) is 9.48 Å². The fourth-order valence-electron chi connectivity index (χ4n) is 1.66. The molecule has 1 amide bonds. The lowest BCUT2D eigenvalue weighted by atomic mass is 10.1. The highest BCUT2D eigenvalue weighted by molar-refractivity contribution is 6.30. The molecule has 0 radical (unpaired) electrons.